The second-order valence-corrected chi connectivity index (χ2v) is 7.07. The van der Waals surface area contributed by atoms with Gasteiger partial charge in [0.2, 0.25) is 11.8 Å². The molecule has 1 fully saturated rings. The number of carbonyl (C=O) groups excluding carboxylic acids is 2. The number of amides is 2. The van der Waals surface area contributed by atoms with E-state index in [4.69, 9.17) is 0 Å². The van der Waals surface area contributed by atoms with Crippen LogP contribution in [0.1, 0.15) is 44.6 Å². The number of anilines is 1. The zero-order valence-electron chi connectivity index (χ0n) is 15.8. The minimum absolute atomic E-state index is 0.00476. The Labute approximate surface area is 151 Å². The van der Waals surface area contributed by atoms with Crippen molar-refractivity contribution in [1.29, 1.82) is 0 Å². The van der Waals surface area contributed by atoms with Crippen LogP contribution in [0.25, 0.3) is 0 Å². The number of rotatable bonds is 7. The molecular formula is C20H31N3O2. The summed E-state index contributed by atoms with van der Waals surface area (Å²) in [5.74, 6) is 0.235. The summed E-state index contributed by atoms with van der Waals surface area (Å²) in [5, 5.41) is 2.84. The SMILES string of the molecule is CC(=O)NCC[C@@H]1CCCCN1C(=O)CCc1ccc(N(C)C)cc1. The highest BCUT2D eigenvalue weighted by Crippen LogP contribution is 2.21. The second kappa shape index (κ2) is 9.44. The van der Waals surface area contributed by atoms with Gasteiger partial charge in [0.1, 0.15) is 0 Å². The molecule has 0 bridgehead atoms. The number of nitrogens with zero attached hydrogens (tertiary/aromatic N) is 2. The highest BCUT2D eigenvalue weighted by Gasteiger charge is 2.25. The lowest BCUT2D eigenvalue weighted by molar-refractivity contribution is -0.134. The molecule has 1 heterocycles. The number of aryl methyl sites for hydroxylation is 1. The van der Waals surface area contributed by atoms with E-state index in [2.05, 4.69) is 34.5 Å². The zero-order chi connectivity index (χ0) is 18.2. The zero-order valence-corrected chi connectivity index (χ0v) is 15.8. The summed E-state index contributed by atoms with van der Waals surface area (Å²) in [6.45, 7) is 3.03. The molecule has 0 aromatic heterocycles. The Morgan fingerprint density at radius 2 is 1.92 bits per heavy atom. The summed E-state index contributed by atoms with van der Waals surface area (Å²) >= 11 is 0. The summed E-state index contributed by atoms with van der Waals surface area (Å²) in [5.41, 5.74) is 2.37. The van der Waals surface area contributed by atoms with Crippen molar-refractivity contribution in [2.24, 2.45) is 0 Å². The maximum absolute atomic E-state index is 12.7. The van der Waals surface area contributed by atoms with Gasteiger partial charge in [0.05, 0.1) is 0 Å². The average molecular weight is 345 g/mol. The summed E-state index contributed by atoms with van der Waals surface area (Å²) in [7, 11) is 4.05. The minimum Gasteiger partial charge on any atom is -0.378 e. The van der Waals surface area contributed by atoms with Crippen LogP contribution in [0.3, 0.4) is 0 Å². The van der Waals surface area contributed by atoms with Crippen LogP contribution in [0.15, 0.2) is 24.3 Å². The molecule has 1 atom stereocenters. The van der Waals surface area contributed by atoms with Gasteiger partial charge in [-0.3, -0.25) is 9.59 Å². The third kappa shape index (κ3) is 6.07. The van der Waals surface area contributed by atoms with Crippen molar-refractivity contribution in [3.63, 3.8) is 0 Å². The molecule has 1 aliphatic rings. The Morgan fingerprint density at radius 1 is 1.20 bits per heavy atom. The quantitative estimate of drug-likeness (QED) is 0.826. The van der Waals surface area contributed by atoms with Crippen LogP contribution in [0.5, 0.6) is 0 Å². The molecule has 0 spiro atoms. The van der Waals surface area contributed by atoms with E-state index in [9.17, 15) is 9.59 Å². The maximum Gasteiger partial charge on any atom is 0.223 e. The lowest BCUT2D eigenvalue weighted by atomic mass is 9.98. The van der Waals surface area contributed by atoms with Gasteiger partial charge in [-0.25, -0.2) is 0 Å². The van der Waals surface area contributed by atoms with Crippen molar-refractivity contribution < 1.29 is 9.59 Å². The number of likely N-dealkylation sites (tertiary alicyclic amines) is 1. The molecule has 1 saturated heterocycles. The third-order valence-corrected chi connectivity index (χ3v) is 4.88. The number of hydrogen-bond acceptors (Lipinski definition) is 3. The van der Waals surface area contributed by atoms with E-state index >= 15 is 0 Å². The van der Waals surface area contributed by atoms with Crippen LogP contribution in [0.2, 0.25) is 0 Å². The first kappa shape index (κ1) is 19.3. The normalized spacial score (nSPS) is 17.2. The van der Waals surface area contributed by atoms with E-state index in [-0.39, 0.29) is 17.9 Å². The smallest absolute Gasteiger partial charge is 0.223 e. The molecule has 138 valence electrons. The average Bonchev–Trinajstić information content (AvgIpc) is 2.60. The lowest BCUT2D eigenvalue weighted by Crippen LogP contribution is -2.45. The van der Waals surface area contributed by atoms with Crippen LogP contribution in [0, 0.1) is 0 Å². The van der Waals surface area contributed by atoms with Gasteiger partial charge in [0, 0.05) is 52.3 Å². The van der Waals surface area contributed by atoms with E-state index in [0.717, 1.165) is 32.2 Å². The van der Waals surface area contributed by atoms with Crippen LogP contribution < -0.4 is 10.2 Å². The molecule has 1 aromatic carbocycles. The molecule has 5 heteroatoms. The first-order chi connectivity index (χ1) is 12.0. The van der Waals surface area contributed by atoms with Crippen molar-refractivity contribution in [3.8, 4) is 0 Å². The fraction of sp³-hybridized carbons (Fsp3) is 0.600. The molecule has 0 saturated carbocycles. The number of carbonyl (C=O) groups is 2. The standard InChI is InChI=1S/C20H31N3O2/c1-16(24)21-14-13-19-6-4-5-15-23(19)20(25)12-9-17-7-10-18(11-8-17)22(2)3/h7-8,10-11,19H,4-6,9,12-15H2,1-3H3,(H,21,24)/t19-/m0/s1. The van der Waals surface area contributed by atoms with Gasteiger partial charge >= 0.3 is 0 Å². The van der Waals surface area contributed by atoms with Gasteiger partial charge in [0.25, 0.3) is 0 Å². The monoisotopic (exact) mass is 345 g/mol. The van der Waals surface area contributed by atoms with Crippen molar-refractivity contribution >= 4 is 17.5 Å². The van der Waals surface area contributed by atoms with Crippen molar-refractivity contribution in [1.82, 2.24) is 10.2 Å². The van der Waals surface area contributed by atoms with Gasteiger partial charge in [-0.15, -0.1) is 0 Å². The Kier molecular flexibility index (Phi) is 7.29. The van der Waals surface area contributed by atoms with E-state index in [1.165, 1.54) is 24.6 Å². The van der Waals surface area contributed by atoms with Gasteiger partial charge < -0.3 is 15.1 Å². The Bertz CT molecular complexity index is 569. The molecule has 2 amide bonds. The van der Waals surface area contributed by atoms with E-state index in [1.54, 1.807) is 0 Å². The fourth-order valence-electron chi connectivity index (χ4n) is 3.40. The van der Waals surface area contributed by atoms with Crippen molar-refractivity contribution in [2.75, 3.05) is 32.1 Å². The number of nitrogens with one attached hydrogen (secondary N) is 1. The molecule has 0 unspecified atom stereocenters. The highest BCUT2D eigenvalue weighted by molar-refractivity contribution is 5.77. The van der Waals surface area contributed by atoms with Gasteiger partial charge in [-0.05, 0) is 49.8 Å². The second-order valence-electron chi connectivity index (χ2n) is 7.07. The summed E-state index contributed by atoms with van der Waals surface area (Å²) in [6, 6.07) is 8.66. The predicted octanol–water partition coefficient (Wildman–Crippen LogP) is 2.59. The molecule has 2 rings (SSSR count). The maximum atomic E-state index is 12.7. The summed E-state index contributed by atoms with van der Waals surface area (Å²) in [4.78, 5) is 27.8. The van der Waals surface area contributed by atoms with E-state index in [1.807, 2.05) is 19.0 Å². The van der Waals surface area contributed by atoms with Crippen LogP contribution >= 0.6 is 0 Å². The van der Waals surface area contributed by atoms with E-state index < -0.39 is 0 Å². The number of hydrogen-bond donors (Lipinski definition) is 1. The van der Waals surface area contributed by atoms with Gasteiger partial charge in [0.15, 0.2) is 0 Å². The van der Waals surface area contributed by atoms with Crippen LogP contribution in [0.4, 0.5) is 5.69 Å². The van der Waals surface area contributed by atoms with Crippen LogP contribution in [-0.4, -0.2) is 49.9 Å². The summed E-state index contributed by atoms with van der Waals surface area (Å²) in [6.07, 6.45) is 5.48. The molecule has 25 heavy (non-hydrogen) atoms. The topological polar surface area (TPSA) is 52.7 Å². The third-order valence-electron chi connectivity index (χ3n) is 4.88. The first-order valence-corrected chi connectivity index (χ1v) is 9.27. The Morgan fingerprint density at radius 3 is 2.56 bits per heavy atom. The molecule has 1 aliphatic heterocycles. The molecule has 0 radical (unpaired) electrons. The number of benzene rings is 1. The minimum atomic E-state index is -0.00476. The summed E-state index contributed by atoms with van der Waals surface area (Å²) < 4.78 is 0. The number of piperidine rings is 1. The van der Waals surface area contributed by atoms with Crippen molar-refractivity contribution in [2.45, 2.75) is 51.5 Å². The van der Waals surface area contributed by atoms with Crippen LogP contribution in [-0.2, 0) is 16.0 Å². The lowest BCUT2D eigenvalue weighted by Gasteiger charge is -2.36. The molecule has 1 N–H and O–H groups in total. The van der Waals surface area contributed by atoms with E-state index in [0.29, 0.717) is 13.0 Å². The molecular weight excluding hydrogens is 314 g/mol. The Balaban J connectivity index is 1.85. The largest absolute Gasteiger partial charge is 0.378 e. The van der Waals surface area contributed by atoms with Gasteiger partial charge in [-0.2, -0.15) is 0 Å². The molecule has 5 nitrogen and oxygen atoms in total. The predicted molar refractivity (Wildman–Crippen MR) is 102 cm³/mol. The molecule has 1 aromatic rings. The highest BCUT2D eigenvalue weighted by atomic mass is 16.2. The Hall–Kier alpha value is -2.04. The molecule has 0 aliphatic carbocycles. The first-order valence-electron chi connectivity index (χ1n) is 9.27. The van der Waals surface area contributed by atoms with Gasteiger partial charge in [-0.1, -0.05) is 12.1 Å². The fourth-order valence-corrected chi connectivity index (χ4v) is 3.40. The van der Waals surface area contributed by atoms with Crippen molar-refractivity contribution in [3.05, 3.63) is 29.8 Å².